The molecule has 1 unspecified atom stereocenters. The van der Waals surface area contributed by atoms with Crippen molar-refractivity contribution in [1.82, 2.24) is 0 Å². The van der Waals surface area contributed by atoms with Gasteiger partial charge in [0.1, 0.15) is 6.61 Å². The number of aliphatic hydroxyl groups is 4. The average molecular weight is 222 g/mol. The van der Waals surface area contributed by atoms with Crippen molar-refractivity contribution in [3.63, 3.8) is 0 Å². The predicted octanol–water partition coefficient (Wildman–Crippen LogP) is -1.74. The fraction of sp³-hybridized carbons (Fsp3) is 0.889. The number of carbonyl (C=O) groups is 1. The van der Waals surface area contributed by atoms with Gasteiger partial charge in [-0.05, 0) is 6.42 Å². The lowest BCUT2D eigenvalue weighted by atomic mass is 9.93. The van der Waals surface area contributed by atoms with Gasteiger partial charge in [0.25, 0.3) is 0 Å². The number of hydrogen-bond donors (Lipinski definition) is 4. The molecule has 0 aliphatic heterocycles. The summed E-state index contributed by atoms with van der Waals surface area (Å²) in [7, 11) is 0. The van der Waals surface area contributed by atoms with Crippen molar-refractivity contribution in [1.29, 1.82) is 0 Å². The Bertz CT molecular complexity index is 181. The van der Waals surface area contributed by atoms with Crippen LogP contribution in [-0.2, 0) is 9.53 Å². The van der Waals surface area contributed by atoms with E-state index in [0.29, 0.717) is 0 Å². The van der Waals surface area contributed by atoms with Gasteiger partial charge in [0, 0.05) is 0 Å². The SMILES string of the molecule is CCC(O)C(=O)OCC(CO)(CO)CO. The van der Waals surface area contributed by atoms with E-state index in [1.807, 2.05) is 0 Å². The molecular formula is C9H18O6. The van der Waals surface area contributed by atoms with Crippen molar-refractivity contribution >= 4 is 5.97 Å². The Morgan fingerprint density at radius 2 is 1.73 bits per heavy atom. The molecule has 0 saturated heterocycles. The Labute approximate surface area is 88.1 Å². The second-order valence-electron chi connectivity index (χ2n) is 3.51. The van der Waals surface area contributed by atoms with Crippen LogP contribution in [0, 0.1) is 5.41 Å². The quantitative estimate of drug-likeness (QED) is 0.381. The summed E-state index contributed by atoms with van der Waals surface area (Å²) in [4.78, 5) is 11.1. The second-order valence-corrected chi connectivity index (χ2v) is 3.51. The molecule has 0 radical (unpaired) electrons. The van der Waals surface area contributed by atoms with Crippen molar-refractivity contribution < 1.29 is 30.0 Å². The van der Waals surface area contributed by atoms with E-state index in [2.05, 4.69) is 4.74 Å². The first kappa shape index (κ1) is 14.3. The highest BCUT2D eigenvalue weighted by atomic mass is 16.5. The number of esters is 1. The van der Waals surface area contributed by atoms with Gasteiger partial charge in [0.05, 0.1) is 25.2 Å². The number of ether oxygens (including phenoxy) is 1. The zero-order chi connectivity index (χ0) is 11.9. The fourth-order valence-corrected chi connectivity index (χ4v) is 0.774. The third-order valence-electron chi connectivity index (χ3n) is 2.19. The summed E-state index contributed by atoms with van der Waals surface area (Å²) in [5.41, 5.74) is -1.25. The summed E-state index contributed by atoms with van der Waals surface area (Å²) in [5.74, 6) is -0.822. The Morgan fingerprint density at radius 1 is 1.27 bits per heavy atom. The smallest absolute Gasteiger partial charge is 0.334 e. The molecule has 0 amide bonds. The van der Waals surface area contributed by atoms with Crippen LogP contribution in [0.3, 0.4) is 0 Å². The summed E-state index contributed by atoms with van der Waals surface area (Å²) in [5, 5.41) is 35.8. The Hall–Kier alpha value is -0.690. The highest BCUT2D eigenvalue weighted by Gasteiger charge is 2.30. The summed E-state index contributed by atoms with van der Waals surface area (Å²) in [6, 6.07) is 0. The number of carbonyl (C=O) groups excluding carboxylic acids is 1. The Morgan fingerprint density at radius 3 is 2.07 bits per heavy atom. The molecule has 0 fully saturated rings. The molecule has 0 rings (SSSR count). The van der Waals surface area contributed by atoms with Crippen molar-refractivity contribution in [3.05, 3.63) is 0 Å². The lowest BCUT2D eigenvalue weighted by Gasteiger charge is -2.26. The van der Waals surface area contributed by atoms with Crippen LogP contribution in [0.5, 0.6) is 0 Å². The van der Waals surface area contributed by atoms with E-state index in [9.17, 15) is 4.79 Å². The van der Waals surface area contributed by atoms with Crippen LogP contribution < -0.4 is 0 Å². The molecule has 6 nitrogen and oxygen atoms in total. The monoisotopic (exact) mass is 222 g/mol. The molecule has 0 aliphatic rings. The van der Waals surface area contributed by atoms with Crippen LogP contribution in [0.15, 0.2) is 0 Å². The van der Waals surface area contributed by atoms with Crippen LogP contribution in [0.25, 0.3) is 0 Å². The van der Waals surface area contributed by atoms with E-state index >= 15 is 0 Å². The zero-order valence-electron chi connectivity index (χ0n) is 8.72. The average Bonchev–Trinajstić information content (AvgIpc) is 2.30. The van der Waals surface area contributed by atoms with Crippen molar-refractivity contribution in [3.8, 4) is 0 Å². The van der Waals surface area contributed by atoms with Crippen molar-refractivity contribution in [2.75, 3.05) is 26.4 Å². The largest absolute Gasteiger partial charge is 0.463 e. The zero-order valence-corrected chi connectivity index (χ0v) is 8.72. The molecule has 0 bridgehead atoms. The van der Waals surface area contributed by atoms with E-state index < -0.39 is 37.3 Å². The topological polar surface area (TPSA) is 107 Å². The minimum absolute atomic E-state index is 0.225. The van der Waals surface area contributed by atoms with Gasteiger partial charge in [-0.2, -0.15) is 0 Å². The van der Waals surface area contributed by atoms with Gasteiger partial charge >= 0.3 is 5.97 Å². The van der Waals surface area contributed by atoms with Gasteiger partial charge in [0.2, 0.25) is 0 Å². The molecule has 0 aliphatic carbocycles. The van der Waals surface area contributed by atoms with Gasteiger partial charge in [-0.15, -0.1) is 0 Å². The first-order valence-corrected chi connectivity index (χ1v) is 4.72. The maximum atomic E-state index is 11.1. The second kappa shape index (κ2) is 6.73. The van der Waals surface area contributed by atoms with Crippen LogP contribution in [-0.4, -0.2) is 58.9 Å². The highest BCUT2D eigenvalue weighted by Crippen LogP contribution is 2.15. The van der Waals surface area contributed by atoms with Crippen LogP contribution in [0.2, 0.25) is 0 Å². The van der Waals surface area contributed by atoms with E-state index in [1.165, 1.54) is 0 Å². The van der Waals surface area contributed by atoms with E-state index in [4.69, 9.17) is 20.4 Å². The van der Waals surface area contributed by atoms with Gasteiger partial charge in [-0.3, -0.25) is 0 Å². The first-order chi connectivity index (χ1) is 7.05. The summed E-state index contributed by atoms with van der Waals surface area (Å²) in [6.45, 7) is -0.226. The number of aliphatic hydroxyl groups excluding tert-OH is 4. The molecule has 0 saturated carbocycles. The normalized spacial score (nSPS) is 13.7. The minimum Gasteiger partial charge on any atom is -0.463 e. The minimum atomic E-state index is -1.25. The van der Waals surface area contributed by atoms with Gasteiger partial charge in [-0.25, -0.2) is 4.79 Å². The molecule has 15 heavy (non-hydrogen) atoms. The summed E-state index contributed by atoms with van der Waals surface area (Å²) < 4.78 is 4.66. The maximum absolute atomic E-state index is 11.1. The first-order valence-electron chi connectivity index (χ1n) is 4.72. The molecule has 0 aromatic heterocycles. The highest BCUT2D eigenvalue weighted by molar-refractivity contribution is 5.74. The van der Waals surface area contributed by atoms with Gasteiger partial charge in [-0.1, -0.05) is 6.92 Å². The van der Waals surface area contributed by atoms with Crippen molar-refractivity contribution in [2.24, 2.45) is 5.41 Å². The molecule has 90 valence electrons. The van der Waals surface area contributed by atoms with Gasteiger partial charge < -0.3 is 25.2 Å². The van der Waals surface area contributed by atoms with Crippen LogP contribution >= 0.6 is 0 Å². The molecule has 0 aromatic carbocycles. The van der Waals surface area contributed by atoms with E-state index in [-0.39, 0.29) is 13.0 Å². The summed E-state index contributed by atoms with van der Waals surface area (Å²) in [6.07, 6.45) is -0.984. The van der Waals surface area contributed by atoms with Gasteiger partial charge in [0.15, 0.2) is 6.10 Å². The lowest BCUT2D eigenvalue weighted by molar-refractivity contribution is -0.161. The van der Waals surface area contributed by atoms with Crippen molar-refractivity contribution in [2.45, 2.75) is 19.4 Å². The van der Waals surface area contributed by atoms with Crippen LogP contribution in [0.4, 0.5) is 0 Å². The standard InChI is InChI=1S/C9H18O6/c1-2-7(13)8(14)15-6-9(3-10,4-11)5-12/h7,10-13H,2-6H2,1H3. The maximum Gasteiger partial charge on any atom is 0.334 e. The molecule has 4 N–H and O–H groups in total. The van der Waals surface area contributed by atoms with E-state index in [1.54, 1.807) is 6.92 Å². The molecule has 6 heteroatoms. The molecular weight excluding hydrogens is 204 g/mol. The third kappa shape index (κ3) is 4.13. The molecule has 1 atom stereocenters. The fourth-order valence-electron chi connectivity index (χ4n) is 0.774. The number of hydrogen-bond acceptors (Lipinski definition) is 6. The summed E-state index contributed by atoms with van der Waals surface area (Å²) >= 11 is 0. The number of rotatable bonds is 7. The molecule has 0 spiro atoms. The Kier molecular flexibility index (Phi) is 6.42. The predicted molar refractivity (Wildman–Crippen MR) is 50.9 cm³/mol. The Balaban J connectivity index is 4.16. The van der Waals surface area contributed by atoms with E-state index in [0.717, 1.165) is 0 Å². The van der Waals surface area contributed by atoms with Crippen LogP contribution in [0.1, 0.15) is 13.3 Å². The lowest BCUT2D eigenvalue weighted by Crippen LogP contribution is -2.40. The third-order valence-corrected chi connectivity index (χ3v) is 2.19. The molecule has 0 aromatic rings. The molecule has 0 heterocycles.